The molecule has 1 amide bonds. The fourth-order valence-electron chi connectivity index (χ4n) is 2.13. The van der Waals surface area contributed by atoms with Gasteiger partial charge in [-0.3, -0.25) is 4.79 Å². The van der Waals surface area contributed by atoms with Crippen molar-refractivity contribution in [2.24, 2.45) is 0 Å². The maximum atomic E-state index is 12.4. The number of thioether (sulfide) groups is 1. The van der Waals surface area contributed by atoms with Gasteiger partial charge < -0.3 is 10.6 Å². The fraction of sp³-hybridized carbons (Fsp3) is 0.462. The van der Waals surface area contributed by atoms with Crippen LogP contribution < -0.4 is 5.73 Å². The van der Waals surface area contributed by atoms with E-state index >= 15 is 0 Å². The molecule has 1 heterocycles. The number of benzene rings is 1. The van der Waals surface area contributed by atoms with Crippen LogP contribution in [0.25, 0.3) is 0 Å². The highest BCUT2D eigenvalue weighted by Gasteiger charge is 2.24. The summed E-state index contributed by atoms with van der Waals surface area (Å²) in [6.07, 6.45) is 0. The molecule has 3 nitrogen and oxygen atoms in total. The predicted octanol–water partition coefficient (Wildman–Crippen LogP) is 2.15. The van der Waals surface area contributed by atoms with E-state index in [9.17, 15) is 4.79 Å². The summed E-state index contributed by atoms with van der Waals surface area (Å²) in [6, 6.07) is 5.87. The molecular weight excluding hydrogens is 232 g/mol. The first kappa shape index (κ1) is 12.3. The summed E-state index contributed by atoms with van der Waals surface area (Å²) < 4.78 is 0. The van der Waals surface area contributed by atoms with Gasteiger partial charge in [0.25, 0.3) is 5.91 Å². The van der Waals surface area contributed by atoms with E-state index in [0.29, 0.717) is 17.3 Å². The number of nitrogens with two attached hydrogens (primary N) is 1. The quantitative estimate of drug-likeness (QED) is 0.777. The zero-order chi connectivity index (χ0) is 12.4. The van der Waals surface area contributed by atoms with Crippen LogP contribution in [0.3, 0.4) is 0 Å². The summed E-state index contributed by atoms with van der Waals surface area (Å²) >= 11 is 1.91. The SMILES string of the molecule is Cc1cc(N)cc(C(=O)N2CCSCC2C)c1. The van der Waals surface area contributed by atoms with Gasteiger partial charge in [-0.15, -0.1) is 0 Å². The van der Waals surface area contributed by atoms with Gasteiger partial charge in [0.1, 0.15) is 0 Å². The van der Waals surface area contributed by atoms with Crippen molar-refractivity contribution in [3.63, 3.8) is 0 Å². The highest BCUT2D eigenvalue weighted by atomic mass is 32.2. The minimum absolute atomic E-state index is 0.105. The lowest BCUT2D eigenvalue weighted by atomic mass is 10.1. The van der Waals surface area contributed by atoms with Crippen molar-refractivity contribution in [3.05, 3.63) is 29.3 Å². The van der Waals surface area contributed by atoms with E-state index < -0.39 is 0 Å². The Morgan fingerprint density at radius 1 is 1.47 bits per heavy atom. The van der Waals surface area contributed by atoms with Gasteiger partial charge >= 0.3 is 0 Å². The van der Waals surface area contributed by atoms with E-state index in [0.717, 1.165) is 23.6 Å². The molecule has 1 aliphatic heterocycles. The van der Waals surface area contributed by atoms with E-state index in [1.54, 1.807) is 6.07 Å². The molecule has 2 rings (SSSR count). The molecule has 92 valence electrons. The molecule has 1 aliphatic rings. The summed E-state index contributed by atoms with van der Waals surface area (Å²) in [6.45, 7) is 4.89. The first-order valence-electron chi connectivity index (χ1n) is 5.84. The van der Waals surface area contributed by atoms with Crippen molar-refractivity contribution in [1.82, 2.24) is 4.90 Å². The number of amides is 1. The summed E-state index contributed by atoms with van der Waals surface area (Å²) in [5, 5.41) is 0. The van der Waals surface area contributed by atoms with Crippen LogP contribution in [-0.4, -0.2) is 34.9 Å². The summed E-state index contributed by atoms with van der Waals surface area (Å²) in [5.41, 5.74) is 8.19. The Morgan fingerprint density at radius 3 is 2.88 bits per heavy atom. The number of nitrogen functional groups attached to an aromatic ring is 1. The number of carbonyl (C=O) groups is 1. The molecule has 0 aromatic heterocycles. The lowest BCUT2D eigenvalue weighted by Gasteiger charge is -2.33. The Hall–Kier alpha value is -1.16. The van der Waals surface area contributed by atoms with Gasteiger partial charge in [-0.2, -0.15) is 11.8 Å². The van der Waals surface area contributed by atoms with E-state index in [1.807, 2.05) is 35.7 Å². The Balaban J connectivity index is 2.23. The van der Waals surface area contributed by atoms with Crippen LogP contribution in [0.15, 0.2) is 18.2 Å². The molecule has 1 unspecified atom stereocenters. The van der Waals surface area contributed by atoms with Gasteiger partial charge in [-0.1, -0.05) is 0 Å². The molecule has 0 spiro atoms. The van der Waals surface area contributed by atoms with Crippen LogP contribution in [0, 0.1) is 6.92 Å². The number of rotatable bonds is 1. The Morgan fingerprint density at radius 2 is 2.24 bits per heavy atom. The molecule has 1 aromatic rings. The molecule has 4 heteroatoms. The van der Waals surface area contributed by atoms with Crippen molar-refractivity contribution in [1.29, 1.82) is 0 Å². The zero-order valence-corrected chi connectivity index (χ0v) is 11.1. The maximum absolute atomic E-state index is 12.4. The van der Waals surface area contributed by atoms with E-state index in [2.05, 4.69) is 6.92 Å². The molecule has 1 fully saturated rings. The van der Waals surface area contributed by atoms with E-state index in [4.69, 9.17) is 5.73 Å². The van der Waals surface area contributed by atoms with Gasteiger partial charge in [-0.25, -0.2) is 0 Å². The van der Waals surface area contributed by atoms with Crippen LogP contribution in [0.5, 0.6) is 0 Å². The highest BCUT2D eigenvalue weighted by Crippen LogP contribution is 2.20. The predicted molar refractivity (Wildman–Crippen MR) is 73.4 cm³/mol. The van der Waals surface area contributed by atoms with Crippen molar-refractivity contribution < 1.29 is 4.79 Å². The molecule has 0 radical (unpaired) electrons. The summed E-state index contributed by atoms with van der Waals surface area (Å²) in [5.74, 6) is 2.15. The average Bonchev–Trinajstić information content (AvgIpc) is 2.27. The highest BCUT2D eigenvalue weighted by molar-refractivity contribution is 7.99. The van der Waals surface area contributed by atoms with Gasteiger partial charge in [0, 0.05) is 35.3 Å². The molecule has 1 atom stereocenters. The zero-order valence-electron chi connectivity index (χ0n) is 10.3. The molecule has 0 bridgehead atoms. The monoisotopic (exact) mass is 250 g/mol. The van der Waals surface area contributed by atoms with Gasteiger partial charge in [0.15, 0.2) is 0 Å². The third kappa shape index (κ3) is 2.75. The topological polar surface area (TPSA) is 46.3 Å². The minimum Gasteiger partial charge on any atom is -0.399 e. The Labute approximate surface area is 106 Å². The molecule has 2 N–H and O–H groups in total. The normalized spacial score (nSPS) is 20.4. The standard InChI is InChI=1S/C13H18N2OS/c1-9-5-11(7-12(14)6-9)13(16)15-3-4-17-8-10(15)2/h5-7,10H,3-4,8,14H2,1-2H3. The molecule has 0 aliphatic carbocycles. The number of carbonyl (C=O) groups excluding carboxylic acids is 1. The summed E-state index contributed by atoms with van der Waals surface area (Å²) in [4.78, 5) is 14.3. The largest absolute Gasteiger partial charge is 0.399 e. The van der Waals surface area contributed by atoms with Gasteiger partial charge in [0.2, 0.25) is 0 Å². The first-order valence-corrected chi connectivity index (χ1v) is 6.99. The smallest absolute Gasteiger partial charge is 0.254 e. The first-order chi connectivity index (χ1) is 8.08. The lowest BCUT2D eigenvalue weighted by Crippen LogP contribution is -2.44. The Bertz CT molecular complexity index is 413. The Kier molecular flexibility index (Phi) is 3.62. The number of hydrogen-bond acceptors (Lipinski definition) is 3. The van der Waals surface area contributed by atoms with Gasteiger partial charge in [0.05, 0.1) is 0 Å². The lowest BCUT2D eigenvalue weighted by molar-refractivity contribution is 0.0716. The van der Waals surface area contributed by atoms with Crippen molar-refractivity contribution in [2.45, 2.75) is 19.9 Å². The van der Waals surface area contributed by atoms with Crippen LogP contribution in [-0.2, 0) is 0 Å². The second-order valence-electron chi connectivity index (χ2n) is 4.55. The number of aryl methyl sites for hydroxylation is 1. The molecule has 0 saturated carbocycles. The van der Waals surface area contributed by atoms with Crippen molar-refractivity contribution >= 4 is 23.4 Å². The molecule has 1 saturated heterocycles. The molecular formula is C13H18N2OS. The molecule has 17 heavy (non-hydrogen) atoms. The van der Waals surface area contributed by atoms with Crippen molar-refractivity contribution in [3.8, 4) is 0 Å². The van der Waals surface area contributed by atoms with Crippen LogP contribution in [0.1, 0.15) is 22.8 Å². The van der Waals surface area contributed by atoms with E-state index in [1.165, 1.54) is 0 Å². The third-order valence-electron chi connectivity index (χ3n) is 2.98. The third-order valence-corrected chi connectivity index (χ3v) is 4.16. The number of anilines is 1. The van der Waals surface area contributed by atoms with Crippen molar-refractivity contribution in [2.75, 3.05) is 23.8 Å². The second kappa shape index (κ2) is 5.00. The van der Waals surface area contributed by atoms with Crippen LogP contribution in [0.4, 0.5) is 5.69 Å². The average molecular weight is 250 g/mol. The second-order valence-corrected chi connectivity index (χ2v) is 5.70. The minimum atomic E-state index is 0.105. The van der Waals surface area contributed by atoms with Crippen LogP contribution in [0.2, 0.25) is 0 Å². The van der Waals surface area contributed by atoms with E-state index in [-0.39, 0.29) is 5.91 Å². The fourth-order valence-corrected chi connectivity index (χ4v) is 3.14. The van der Waals surface area contributed by atoms with Crippen LogP contribution >= 0.6 is 11.8 Å². The number of nitrogens with zero attached hydrogens (tertiary/aromatic N) is 1. The number of hydrogen-bond donors (Lipinski definition) is 1. The molecule has 1 aromatic carbocycles. The summed E-state index contributed by atoms with van der Waals surface area (Å²) in [7, 11) is 0. The maximum Gasteiger partial charge on any atom is 0.254 e. The van der Waals surface area contributed by atoms with Gasteiger partial charge in [-0.05, 0) is 37.6 Å².